The predicted octanol–water partition coefficient (Wildman–Crippen LogP) is 3.29. The lowest BCUT2D eigenvalue weighted by Gasteiger charge is -2.20. The molecular formula is C15H17BrFN3. The van der Waals surface area contributed by atoms with Gasteiger partial charge in [0, 0.05) is 12.4 Å². The van der Waals surface area contributed by atoms with Crippen molar-refractivity contribution >= 4 is 15.9 Å². The minimum atomic E-state index is -0.260. The van der Waals surface area contributed by atoms with E-state index in [1.54, 1.807) is 12.3 Å². The van der Waals surface area contributed by atoms with Crippen LogP contribution in [-0.2, 0) is 12.8 Å². The Morgan fingerprint density at radius 1 is 1.35 bits per heavy atom. The first-order valence-corrected chi connectivity index (χ1v) is 7.28. The quantitative estimate of drug-likeness (QED) is 0.650. The molecule has 0 amide bonds. The molecule has 2 rings (SSSR count). The van der Waals surface area contributed by atoms with Gasteiger partial charge in [0.2, 0.25) is 0 Å². The molecule has 2 aromatic rings. The summed E-state index contributed by atoms with van der Waals surface area (Å²) in [5, 5.41) is 0. The van der Waals surface area contributed by atoms with Gasteiger partial charge in [0.05, 0.1) is 10.5 Å². The van der Waals surface area contributed by atoms with Crippen molar-refractivity contribution < 1.29 is 4.39 Å². The van der Waals surface area contributed by atoms with Crippen LogP contribution in [0.3, 0.4) is 0 Å². The summed E-state index contributed by atoms with van der Waals surface area (Å²) in [6, 6.07) is 6.91. The lowest BCUT2D eigenvalue weighted by molar-refractivity contribution is 0.542. The summed E-state index contributed by atoms with van der Waals surface area (Å²) >= 11 is 3.29. The smallest absolute Gasteiger partial charge is 0.137 e. The molecule has 0 aliphatic carbocycles. The van der Waals surface area contributed by atoms with E-state index in [4.69, 9.17) is 5.84 Å². The Labute approximate surface area is 126 Å². The van der Waals surface area contributed by atoms with Gasteiger partial charge in [-0.3, -0.25) is 16.3 Å². The molecule has 0 saturated heterocycles. The van der Waals surface area contributed by atoms with E-state index in [9.17, 15) is 4.39 Å². The van der Waals surface area contributed by atoms with Gasteiger partial charge in [0.1, 0.15) is 5.82 Å². The van der Waals surface area contributed by atoms with Crippen LogP contribution in [0.1, 0.15) is 29.7 Å². The number of hydrogen-bond acceptors (Lipinski definition) is 3. The van der Waals surface area contributed by atoms with Crippen LogP contribution in [-0.4, -0.2) is 4.98 Å². The summed E-state index contributed by atoms with van der Waals surface area (Å²) in [6.45, 7) is 2.08. The molecule has 1 heterocycles. The summed E-state index contributed by atoms with van der Waals surface area (Å²) in [5.74, 6) is 5.42. The van der Waals surface area contributed by atoms with Gasteiger partial charge in [-0.15, -0.1) is 0 Å². The first-order chi connectivity index (χ1) is 9.67. The summed E-state index contributed by atoms with van der Waals surface area (Å²) < 4.78 is 14.1. The van der Waals surface area contributed by atoms with Gasteiger partial charge in [-0.2, -0.15) is 0 Å². The molecule has 0 fully saturated rings. The third-order valence-electron chi connectivity index (χ3n) is 3.35. The number of nitrogens with one attached hydrogen (secondary N) is 1. The van der Waals surface area contributed by atoms with E-state index in [2.05, 4.69) is 33.3 Å². The van der Waals surface area contributed by atoms with Gasteiger partial charge in [0.15, 0.2) is 0 Å². The lowest BCUT2D eigenvalue weighted by Crippen LogP contribution is -2.30. The summed E-state index contributed by atoms with van der Waals surface area (Å²) in [4.78, 5) is 4.13. The van der Waals surface area contributed by atoms with Gasteiger partial charge < -0.3 is 0 Å². The second-order valence-corrected chi connectivity index (χ2v) is 5.36. The number of rotatable bonds is 5. The monoisotopic (exact) mass is 337 g/mol. The van der Waals surface area contributed by atoms with Crippen LogP contribution in [0.2, 0.25) is 0 Å². The largest absolute Gasteiger partial charge is 0.271 e. The highest BCUT2D eigenvalue weighted by Crippen LogP contribution is 2.27. The van der Waals surface area contributed by atoms with E-state index >= 15 is 0 Å². The van der Waals surface area contributed by atoms with E-state index in [0.717, 1.165) is 23.1 Å². The van der Waals surface area contributed by atoms with Crippen LogP contribution in [0.5, 0.6) is 0 Å². The SMILES string of the molecule is CCc1cnccc1C(Cc1cccc(F)c1Br)NN. The zero-order valence-corrected chi connectivity index (χ0v) is 12.8. The van der Waals surface area contributed by atoms with Crippen molar-refractivity contribution in [1.82, 2.24) is 10.4 Å². The second-order valence-electron chi connectivity index (χ2n) is 4.56. The van der Waals surface area contributed by atoms with Crippen molar-refractivity contribution in [2.24, 2.45) is 5.84 Å². The topological polar surface area (TPSA) is 50.9 Å². The first-order valence-electron chi connectivity index (χ1n) is 6.49. The number of hydrogen-bond donors (Lipinski definition) is 2. The molecule has 3 nitrogen and oxygen atoms in total. The standard InChI is InChI=1S/C15H17BrFN3/c1-2-10-9-19-7-6-12(10)14(20-18)8-11-4-3-5-13(17)15(11)16/h3-7,9,14,20H,2,8,18H2,1H3. The van der Waals surface area contributed by atoms with Gasteiger partial charge in [0.25, 0.3) is 0 Å². The van der Waals surface area contributed by atoms with Gasteiger partial charge in [-0.25, -0.2) is 4.39 Å². The van der Waals surface area contributed by atoms with Crippen LogP contribution >= 0.6 is 15.9 Å². The maximum atomic E-state index is 13.6. The van der Waals surface area contributed by atoms with Gasteiger partial charge in [-0.05, 0) is 57.6 Å². The van der Waals surface area contributed by atoms with Crippen molar-refractivity contribution in [2.75, 3.05) is 0 Å². The molecule has 5 heteroatoms. The van der Waals surface area contributed by atoms with Crippen molar-refractivity contribution in [3.8, 4) is 0 Å². The highest BCUT2D eigenvalue weighted by molar-refractivity contribution is 9.10. The van der Waals surface area contributed by atoms with Crippen molar-refractivity contribution in [1.29, 1.82) is 0 Å². The predicted molar refractivity (Wildman–Crippen MR) is 81.5 cm³/mol. The zero-order chi connectivity index (χ0) is 14.5. The van der Waals surface area contributed by atoms with E-state index in [1.165, 1.54) is 6.07 Å². The normalized spacial score (nSPS) is 12.4. The number of nitrogens with zero attached hydrogens (tertiary/aromatic N) is 1. The number of hydrazine groups is 1. The Morgan fingerprint density at radius 3 is 2.85 bits per heavy atom. The number of pyridine rings is 1. The molecule has 1 atom stereocenters. The Morgan fingerprint density at radius 2 is 2.15 bits per heavy atom. The molecule has 106 valence electrons. The third kappa shape index (κ3) is 3.23. The van der Waals surface area contributed by atoms with Crippen LogP contribution < -0.4 is 11.3 Å². The van der Waals surface area contributed by atoms with Crippen molar-refractivity contribution in [3.63, 3.8) is 0 Å². The molecule has 0 aliphatic heterocycles. The average molecular weight is 338 g/mol. The number of nitrogens with two attached hydrogens (primary N) is 1. The van der Waals surface area contributed by atoms with Crippen molar-refractivity contribution in [2.45, 2.75) is 25.8 Å². The number of aromatic nitrogens is 1. The molecular weight excluding hydrogens is 321 g/mol. The van der Waals surface area contributed by atoms with E-state index in [1.807, 2.05) is 18.3 Å². The number of halogens is 2. The van der Waals surface area contributed by atoms with Crippen molar-refractivity contribution in [3.05, 3.63) is 63.6 Å². The maximum absolute atomic E-state index is 13.6. The molecule has 20 heavy (non-hydrogen) atoms. The highest BCUT2D eigenvalue weighted by Gasteiger charge is 2.16. The number of benzene rings is 1. The van der Waals surface area contributed by atoms with Gasteiger partial charge >= 0.3 is 0 Å². The fraction of sp³-hybridized carbons (Fsp3) is 0.267. The molecule has 3 N–H and O–H groups in total. The lowest BCUT2D eigenvalue weighted by atomic mass is 9.95. The number of aryl methyl sites for hydroxylation is 1. The fourth-order valence-corrected chi connectivity index (χ4v) is 2.68. The molecule has 0 saturated carbocycles. The Bertz CT molecular complexity index is 589. The van der Waals surface area contributed by atoms with Crippen LogP contribution in [0.25, 0.3) is 0 Å². The minimum Gasteiger partial charge on any atom is -0.271 e. The van der Waals surface area contributed by atoms with E-state index in [0.29, 0.717) is 10.9 Å². The fourth-order valence-electron chi connectivity index (χ4n) is 2.26. The van der Waals surface area contributed by atoms with E-state index in [-0.39, 0.29) is 11.9 Å². The molecule has 1 aromatic heterocycles. The first kappa shape index (κ1) is 15.1. The third-order valence-corrected chi connectivity index (χ3v) is 4.24. The highest BCUT2D eigenvalue weighted by atomic mass is 79.9. The Balaban J connectivity index is 2.31. The maximum Gasteiger partial charge on any atom is 0.137 e. The zero-order valence-electron chi connectivity index (χ0n) is 11.2. The Kier molecular flexibility index (Phi) is 5.23. The van der Waals surface area contributed by atoms with E-state index < -0.39 is 0 Å². The average Bonchev–Trinajstić information content (AvgIpc) is 2.49. The minimum absolute atomic E-state index is 0.0777. The molecule has 0 spiro atoms. The molecule has 1 aromatic carbocycles. The summed E-state index contributed by atoms with van der Waals surface area (Å²) in [7, 11) is 0. The van der Waals surface area contributed by atoms with Gasteiger partial charge in [-0.1, -0.05) is 19.1 Å². The van der Waals surface area contributed by atoms with Crippen LogP contribution in [0, 0.1) is 5.82 Å². The summed E-state index contributed by atoms with van der Waals surface area (Å²) in [6.07, 6.45) is 5.08. The molecule has 0 radical (unpaired) electrons. The summed E-state index contributed by atoms with van der Waals surface area (Å²) in [5.41, 5.74) is 5.94. The van der Waals surface area contributed by atoms with Crippen LogP contribution in [0.15, 0.2) is 41.1 Å². The molecule has 1 unspecified atom stereocenters. The molecule has 0 aliphatic rings. The Hall–Kier alpha value is -1.30. The van der Waals surface area contributed by atoms with Crippen LogP contribution in [0.4, 0.5) is 4.39 Å². The second kappa shape index (κ2) is 6.92. The molecule has 0 bridgehead atoms.